The van der Waals surface area contributed by atoms with E-state index in [1.807, 2.05) is 19.9 Å². The van der Waals surface area contributed by atoms with Crippen LogP contribution < -0.4 is 0 Å². The summed E-state index contributed by atoms with van der Waals surface area (Å²) in [5.74, 6) is -0.568. The smallest absolute Gasteiger partial charge is 0.324 e. The predicted octanol–water partition coefficient (Wildman–Crippen LogP) is 23.8. The molecule has 0 N–H and O–H groups in total. The van der Waals surface area contributed by atoms with Gasteiger partial charge in [0, 0.05) is 83.2 Å². The molecule has 0 amide bonds. The SMILES string of the molecule is Cc1ccc(-n2c3ccccc3c3cc(C4=C(c5c(C)cc(C)cc5C)/C(=C(\c5ccccc5F)c5c(-c6c(C)cc(C)cc6C)c(-c6ccc7c(c6)c6ccccc6n7-c6ccc(C)cc6)c(-c6c(C)cc(C)cc6C)n5B(F)F)N=C4c4c(C)cc(C)cc4C)ccc32)cc1. The molecule has 1 aliphatic heterocycles. The maximum absolute atomic E-state index is 18.6. The van der Waals surface area contributed by atoms with Crippen molar-refractivity contribution in [2.75, 3.05) is 0 Å². The van der Waals surface area contributed by atoms with E-state index in [1.165, 1.54) is 16.1 Å². The number of aromatic nitrogens is 3. The van der Waals surface area contributed by atoms with Crippen LogP contribution in [0.5, 0.6) is 0 Å². The number of nitrogens with zero attached hydrogens (tertiary/aromatic N) is 4. The number of benzene rings is 11. The molecule has 0 radical (unpaired) electrons. The summed E-state index contributed by atoms with van der Waals surface area (Å²) in [5.41, 5.74) is 29.7. The minimum atomic E-state index is -3.17. The predicted molar refractivity (Wildman–Crippen MR) is 404 cm³/mol. The van der Waals surface area contributed by atoms with Crippen LogP contribution in [0.25, 0.3) is 105 Å². The van der Waals surface area contributed by atoms with Gasteiger partial charge in [-0.25, -0.2) is 9.38 Å². The average Bonchev–Trinajstić information content (AvgIpc) is 1.55. The van der Waals surface area contributed by atoms with Crippen molar-refractivity contribution in [2.45, 2.75) is 96.9 Å². The first-order valence-electron chi connectivity index (χ1n) is 33.6. The van der Waals surface area contributed by atoms with E-state index in [1.54, 1.807) is 12.1 Å². The van der Waals surface area contributed by atoms with Crippen molar-refractivity contribution in [1.29, 1.82) is 0 Å². The Hall–Kier alpha value is -10.7. The van der Waals surface area contributed by atoms with Crippen LogP contribution in [-0.4, -0.2) is 26.7 Å². The lowest BCUT2D eigenvalue weighted by atomic mass is 9.81. The topological polar surface area (TPSA) is 27.1 Å². The Morgan fingerprint density at radius 1 is 0.340 bits per heavy atom. The van der Waals surface area contributed by atoms with Gasteiger partial charge in [0.05, 0.1) is 39.2 Å². The average molecular weight is 1270 g/mol. The number of aryl methyl sites for hydroxylation is 14. The van der Waals surface area contributed by atoms with Crippen molar-refractivity contribution in [2.24, 2.45) is 4.99 Å². The Bertz CT molecular complexity index is 5670. The van der Waals surface area contributed by atoms with Gasteiger partial charge >= 0.3 is 7.40 Å². The van der Waals surface area contributed by atoms with Gasteiger partial charge in [0.25, 0.3) is 0 Å². The van der Waals surface area contributed by atoms with Crippen LogP contribution in [0.2, 0.25) is 0 Å². The highest BCUT2D eigenvalue weighted by molar-refractivity contribution is 6.45. The number of hydrogen-bond acceptors (Lipinski definition) is 1. The first-order valence-corrected chi connectivity index (χ1v) is 33.6. The molecule has 0 fully saturated rings. The highest BCUT2D eigenvalue weighted by atomic mass is 19.2. The summed E-state index contributed by atoms with van der Waals surface area (Å²) < 4.78 is 61.7. The van der Waals surface area contributed by atoms with Gasteiger partial charge in [0.15, 0.2) is 0 Å². The zero-order valence-corrected chi connectivity index (χ0v) is 57.6. The summed E-state index contributed by atoms with van der Waals surface area (Å²) in [6.07, 6.45) is 0. The molecule has 14 aromatic rings. The van der Waals surface area contributed by atoms with Crippen LogP contribution >= 0.6 is 0 Å². The number of halogens is 3. The van der Waals surface area contributed by atoms with E-state index in [0.717, 1.165) is 166 Å². The third kappa shape index (κ3) is 10.3. The van der Waals surface area contributed by atoms with E-state index in [2.05, 4.69) is 274 Å². The van der Waals surface area contributed by atoms with Crippen molar-refractivity contribution in [3.63, 3.8) is 0 Å². The quantitative estimate of drug-likeness (QED) is 0.115. The van der Waals surface area contributed by atoms with Crippen molar-refractivity contribution < 1.29 is 13.0 Å². The first-order chi connectivity index (χ1) is 46.6. The molecular weight excluding hydrogens is 1190 g/mol. The van der Waals surface area contributed by atoms with Gasteiger partial charge in [-0.3, -0.25) is 8.63 Å². The van der Waals surface area contributed by atoms with E-state index in [-0.39, 0.29) is 16.8 Å². The van der Waals surface area contributed by atoms with Crippen LogP contribution in [0, 0.1) is 103 Å². The minimum Gasteiger partial charge on any atom is -0.324 e. The third-order valence-corrected chi connectivity index (χ3v) is 20.2. The fourth-order valence-corrected chi connectivity index (χ4v) is 16.6. The molecule has 0 spiro atoms. The number of aliphatic imine (C=N–C) groups is 1. The Morgan fingerprint density at radius 3 is 1.22 bits per heavy atom. The van der Waals surface area contributed by atoms with Crippen LogP contribution in [0.3, 0.4) is 0 Å². The van der Waals surface area contributed by atoms with Gasteiger partial charge in [0.2, 0.25) is 0 Å². The molecule has 0 saturated carbocycles. The molecule has 97 heavy (non-hydrogen) atoms. The van der Waals surface area contributed by atoms with Crippen LogP contribution in [0.4, 0.5) is 13.0 Å². The lowest BCUT2D eigenvalue weighted by Gasteiger charge is -2.23. The molecule has 1 aliphatic rings. The van der Waals surface area contributed by atoms with Crippen LogP contribution in [-0.2, 0) is 0 Å². The number of rotatable bonds is 11. The Kier molecular flexibility index (Phi) is 15.4. The maximum atomic E-state index is 18.6. The van der Waals surface area contributed by atoms with E-state index in [9.17, 15) is 0 Å². The summed E-state index contributed by atoms with van der Waals surface area (Å²) in [4.78, 5) is 6.15. The summed E-state index contributed by atoms with van der Waals surface area (Å²) in [6.45, 7) is 29.3. The molecule has 4 nitrogen and oxygen atoms in total. The molecule has 15 rings (SSSR count). The molecular formula is C89H76BF3N4. The van der Waals surface area contributed by atoms with Gasteiger partial charge in [-0.1, -0.05) is 173 Å². The molecule has 8 heteroatoms. The second kappa shape index (κ2) is 23.9. The molecule has 0 aliphatic carbocycles. The van der Waals surface area contributed by atoms with Gasteiger partial charge < -0.3 is 13.6 Å². The van der Waals surface area contributed by atoms with Gasteiger partial charge in [-0.2, -0.15) is 0 Å². The second-order valence-corrected chi connectivity index (χ2v) is 27.4. The van der Waals surface area contributed by atoms with E-state index in [4.69, 9.17) is 4.99 Å². The minimum absolute atomic E-state index is 0.144. The Balaban J connectivity index is 1.19. The highest BCUT2D eigenvalue weighted by Crippen LogP contribution is 2.56. The maximum Gasteiger partial charge on any atom is 0.678 e. The molecule has 0 unspecified atom stereocenters. The van der Waals surface area contributed by atoms with Crippen molar-refractivity contribution in [3.8, 4) is 44.9 Å². The second-order valence-electron chi connectivity index (χ2n) is 27.4. The van der Waals surface area contributed by atoms with Crippen LogP contribution in [0.1, 0.15) is 106 Å². The summed E-state index contributed by atoms with van der Waals surface area (Å²) >= 11 is 0. The monoisotopic (exact) mass is 1270 g/mol. The molecule has 0 atom stereocenters. The molecule has 0 bridgehead atoms. The van der Waals surface area contributed by atoms with E-state index >= 15 is 13.0 Å². The normalized spacial score (nSPS) is 13.1. The first kappa shape index (κ1) is 62.4. The van der Waals surface area contributed by atoms with E-state index < -0.39 is 13.2 Å². The van der Waals surface area contributed by atoms with Crippen molar-refractivity contribution in [1.82, 2.24) is 13.6 Å². The lowest BCUT2D eigenvalue weighted by Crippen LogP contribution is -2.19. The largest absolute Gasteiger partial charge is 0.678 e. The molecule has 11 aromatic carbocycles. The van der Waals surface area contributed by atoms with Gasteiger partial charge in [-0.15, -0.1) is 0 Å². The Labute approximate surface area is 567 Å². The van der Waals surface area contributed by atoms with Crippen LogP contribution in [0.15, 0.2) is 217 Å². The van der Waals surface area contributed by atoms with Crippen molar-refractivity contribution >= 4 is 73.4 Å². The summed E-state index contributed by atoms with van der Waals surface area (Å²) in [5, 5.41) is 4.11. The molecule has 476 valence electrons. The number of fused-ring (bicyclic) bond motifs is 6. The van der Waals surface area contributed by atoms with Gasteiger partial charge in [0.1, 0.15) is 5.82 Å². The summed E-state index contributed by atoms with van der Waals surface area (Å²) in [6, 6.07) is 71.4. The van der Waals surface area contributed by atoms with E-state index in [0.29, 0.717) is 33.8 Å². The highest BCUT2D eigenvalue weighted by Gasteiger charge is 2.42. The fraction of sp³-hybridized carbons (Fsp3) is 0.157. The number of hydrogen-bond donors (Lipinski definition) is 0. The number of allylic oxidation sites excluding steroid dienone is 2. The van der Waals surface area contributed by atoms with Gasteiger partial charge in [-0.05, 0) is 230 Å². The fourth-order valence-electron chi connectivity index (χ4n) is 16.6. The van der Waals surface area contributed by atoms with Crippen molar-refractivity contribution in [3.05, 3.63) is 324 Å². The third-order valence-electron chi connectivity index (χ3n) is 20.2. The standard InChI is InChI=1S/C89H76BF3N4/c1-49-27-33-65(34-28-49)95-73-25-19-16-21-67(73)70-47-63(31-37-75(70)95)81-84(77-55(7)39-51(3)40-56(77)8)87(94-86(81)79-59(11)43-53(5)44-60(79)12)83(69-23-15-18-24-72(69)91)89-85(78-57(9)41-52(4)42-58(78)10)82(88(97(89)90(92)93)80-61(13)45-54(6)46-62(80)14)64-32-38-76-71(48-64)68-22-17-20-26-74(68)96(76)66-35-29-50(2)30-36-66/h15-48H,1-14H3/b87-83-. The number of para-hydroxylation sites is 2. The molecule has 4 heterocycles. The zero-order chi connectivity index (χ0) is 67.7. The molecule has 3 aromatic heterocycles. The zero-order valence-electron chi connectivity index (χ0n) is 57.6. The Morgan fingerprint density at radius 2 is 0.742 bits per heavy atom. The summed E-state index contributed by atoms with van der Waals surface area (Å²) in [7, 11) is -3.17. The molecule has 0 saturated heterocycles. The lowest BCUT2D eigenvalue weighted by molar-refractivity contribution is 0.621.